The summed E-state index contributed by atoms with van der Waals surface area (Å²) in [5, 5.41) is 5.02. The normalized spacial score (nSPS) is 10.5. The average Bonchev–Trinajstić information content (AvgIpc) is 2.63. The fraction of sp³-hybridized carbons (Fsp3) is 0.190. The van der Waals surface area contributed by atoms with Crippen molar-refractivity contribution in [2.24, 2.45) is 0 Å². The molecule has 122 valence electrons. The van der Waals surface area contributed by atoms with Crippen molar-refractivity contribution in [3.8, 4) is 5.75 Å². The van der Waals surface area contributed by atoms with Crippen LogP contribution in [0.3, 0.4) is 0 Å². The predicted octanol–water partition coefficient (Wildman–Crippen LogP) is 4.81. The Labute approximate surface area is 142 Å². The van der Waals surface area contributed by atoms with E-state index in [4.69, 9.17) is 4.74 Å². The van der Waals surface area contributed by atoms with Crippen molar-refractivity contribution in [1.82, 2.24) is 0 Å². The Kier molecular flexibility index (Phi) is 5.46. The smallest absolute Gasteiger partial charge is 0.211 e. The molecule has 1 N–H and O–H groups in total. The second-order valence-corrected chi connectivity index (χ2v) is 5.74. The molecular formula is C21H21NO2. The summed E-state index contributed by atoms with van der Waals surface area (Å²) in [6, 6.07) is 22.4. The van der Waals surface area contributed by atoms with Crippen molar-refractivity contribution in [1.29, 1.82) is 0 Å². The van der Waals surface area contributed by atoms with Crippen molar-refractivity contribution in [2.45, 2.75) is 19.3 Å². The summed E-state index contributed by atoms with van der Waals surface area (Å²) < 4.78 is 5.96. The number of carbonyl (C=O) groups is 1. The van der Waals surface area contributed by atoms with Gasteiger partial charge in [0, 0.05) is 11.1 Å². The molecule has 3 heteroatoms. The van der Waals surface area contributed by atoms with Gasteiger partial charge in [-0.2, -0.15) is 0 Å². The van der Waals surface area contributed by atoms with Gasteiger partial charge in [0.1, 0.15) is 5.75 Å². The predicted molar refractivity (Wildman–Crippen MR) is 98.5 cm³/mol. The Hall–Kier alpha value is -2.81. The molecule has 0 saturated carbocycles. The van der Waals surface area contributed by atoms with E-state index < -0.39 is 0 Å². The molecule has 0 saturated heterocycles. The van der Waals surface area contributed by atoms with Crippen molar-refractivity contribution in [2.75, 3.05) is 11.9 Å². The van der Waals surface area contributed by atoms with Gasteiger partial charge in [-0.1, -0.05) is 48.5 Å². The van der Waals surface area contributed by atoms with Gasteiger partial charge in [0.15, 0.2) is 0 Å². The molecule has 3 aromatic carbocycles. The topological polar surface area (TPSA) is 38.3 Å². The number of carbonyl (C=O) groups excluding carboxylic acids is 1. The van der Waals surface area contributed by atoms with Crippen LogP contribution in [0.2, 0.25) is 0 Å². The number of rotatable bonds is 8. The molecule has 0 aliphatic carbocycles. The summed E-state index contributed by atoms with van der Waals surface area (Å²) >= 11 is 0. The van der Waals surface area contributed by atoms with E-state index in [9.17, 15) is 4.79 Å². The van der Waals surface area contributed by atoms with Crippen LogP contribution in [0.5, 0.6) is 5.75 Å². The van der Waals surface area contributed by atoms with Crippen LogP contribution in [0.1, 0.15) is 18.4 Å². The lowest BCUT2D eigenvalue weighted by molar-refractivity contribution is -0.105. The van der Waals surface area contributed by atoms with Crippen molar-refractivity contribution in [3.63, 3.8) is 0 Å². The fourth-order valence-corrected chi connectivity index (χ4v) is 2.77. The van der Waals surface area contributed by atoms with E-state index >= 15 is 0 Å². The Morgan fingerprint density at radius 3 is 2.50 bits per heavy atom. The zero-order chi connectivity index (χ0) is 16.6. The van der Waals surface area contributed by atoms with Gasteiger partial charge in [-0.3, -0.25) is 4.79 Å². The Bertz CT molecular complexity index is 791. The van der Waals surface area contributed by atoms with Crippen molar-refractivity contribution >= 4 is 22.9 Å². The van der Waals surface area contributed by atoms with Crippen LogP contribution < -0.4 is 10.1 Å². The molecule has 0 atom stereocenters. The van der Waals surface area contributed by atoms with E-state index in [1.54, 1.807) is 0 Å². The molecule has 1 amide bonds. The second-order valence-electron chi connectivity index (χ2n) is 5.74. The molecule has 0 unspecified atom stereocenters. The molecule has 0 aliphatic heterocycles. The van der Waals surface area contributed by atoms with E-state index in [1.165, 1.54) is 16.3 Å². The molecule has 0 bridgehead atoms. The molecule has 3 aromatic rings. The van der Waals surface area contributed by atoms with Crippen LogP contribution in [-0.4, -0.2) is 13.0 Å². The third kappa shape index (κ3) is 4.13. The number of nitrogens with one attached hydrogen (secondary N) is 1. The first-order valence-electron chi connectivity index (χ1n) is 8.26. The highest BCUT2D eigenvalue weighted by Gasteiger charge is 2.01. The summed E-state index contributed by atoms with van der Waals surface area (Å²) in [7, 11) is 0. The lowest BCUT2D eigenvalue weighted by Crippen LogP contribution is -1.99. The van der Waals surface area contributed by atoms with Crippen LogP contribution in [0, 0.1) is 0 Å². The number of hydrogen-bond donors (Lipinski definition) is 1. The first-order valence-corrected chi connectivity index (χ1v) is 8.26. The monoisotopic (exact) mass is 319 g/mol. The van der Waals surface area contributed by atoms with Gasteiger partial charge in [0.05, 0.1) is 6.61 Å². The molecule has 0 heterocycles. The van der Waals surface area contributed by atoms with E-state index in [-0.39, 0.29) is 0 Å². The molecule has 24 heavy (non-hydrogen) atoms. The molecule has 0 aliphatic rings. The zero-order valence-electron chi connectivity index (χ0n) is 13.6. The van der Waals surface area contributed by atoms with E-state index in [1.807, 2.05) is 36.4 Å². The van der Waals surface area contributed by atoms with Crippen molar-refractivity contribution < 1.29 is 9.53 Å². The fourth-order valence-electron chi connectivity index (χ4n) is 2.77. The zero-order valence-corrected chi connectivity index (χ0v) is 13.6. The quantitative estimate of drug-likeness (QED) is 0.478. The second kappa shape index (κ2) is 8.16. The molecular weight excluding hydrogens is 298 g/mol. The Balaban J connectivity index is 1.46. The van der Waals surface area contributed by atoms with E-state index in [2.05, 4.69) is 35.6 Å². The lowest BCUT2D eigenvalue weighted by atomic mass is 10.1. The SMILES string of the molecule is O=CNc1ccc(CCCCOc2cccc3ccccc23)cc1. The third-order valence-electron chi connectivity index (χ3n) is 4.05. The van der Waals surface area contributed by atoms with Gasteiger partial charge in [0.2, 0.25) is 6.41 Å². The highest BCUT2D eigenvalue weighted by Crippen LogP contribution is 2.25. The molecule has 0 fully saturated rings. The largest absolute Gasteiger partial charge is 0.493 e. The summed E-state index contributed by atoms with van der Waals surface area (Å²) in [4.78, 5) is 10.4. The maximum absolute atomic E-state index is 10.4. The summed E-state index contributed by atoms with van der Waals surface area (Å²) in [5.74, 6) is 0.956. The molecule has 3 nitrogen and oxygen atoms in total. The van der Waals surface area contributed by atoms with Gasteiger partial charge in [0.25, 0.3) is 0 Å². The minimum atomic E-state index is 0.694. The van der Waals surface area contributed by atoms with E-state index in [0.717, 1.165) is 37.3 Å². The Morgan fingerprint density at radius 2 is 1.67 bits per heavy atom. The number of anilines is 1. The minimum Gasteiger partial charge on any atom is -0.493 e. The minimum absolute atomic E-state index is 0.694. The molecule has 0 aromatic heterocycles. The number of amides is 1. The maximum atomic E-state index is 10.4. The van der Waals surface area contributed by atoms with Crippen LogP contribution in [0.25, 0.3) is 10.8 Å². The standard InChI is InChI=1S/C21H21NO2/c23-16-22-19-13-11-17(12-14-19)6-3-4-15-24-21-10-5-8-18-7-1-2-9-20(18)21/h1-2,5,7-14,16H,3-4,6,15H2,(H,22,23). The maximum Gasteiger partial charge on any atom is 0.211 e. The van der Waals surface area contributed by atoms with Crippen molar-refractivity contribution in [3.05, 3.63) is 72.3 Å². The van der Waals surface area contributed by atoms with Crippen LogP contribution in [0.15, 0.2) is 66.7 Å². The van der Waals surface area contributed by atoms with Gasteiger partial charge in [-0.15, -0.1) is 0 Å². The first kappa shape index (κ1) is 16.1. The molecule has 0 spiro atoms. The molecule has 3 rings (SSSR count). The lowest BCUT2D eigenvalue weighted by Gasteiger charge is -2.09. The average molecular weight is 319 g/mol. The Morgan fingerprint density at radius 1 is 0.875 bits per heavy atom. The highest BCUT2D eigenvalue weighted by atomic mass is 16.5. The third-order valence-corrected chi connectivity index (χ3v) is 4.05. The van der Waals surface area contributed by atoms with Crippen LogP contribution in [-0.2, 0) is 11.2 Å². The first-order chi connectivity index (χ1) is 11.9. The van der Waals surface area contributed by atoms with E-state index in [0.29, 0.717) is 6.41 Å². The van der Waals surface area contributed by atoms with Gasteiger partial charge in [-0.05, 0) is 48.4 Å². The number of benzene rings is 3. The van der Waals surface area contributed by atoms with Gasteiger partial charge < -0.3 is 10.1 Å². The number of unbranched alkanes of at least 4 members (excludes halogenated alkanes) is 1. The van der Waals surface area contributed by atoms with Gasteiger partial charge >= 0.3 is 0 Å². The van der Waals surface area contributed by atoms with Crippen LogP contribution >= 0.6 is 0 Å². The van der Waals surface area contributed by atoms with Gasteiger partial charge in [-0.25, -0.2) is 0 Å². The number of fused-ring (bicyclic) bond motifs is 1. The number of aryl methyl sites for hydroxylation is 1. The summed E-state index contributed by atoms with van der Waals surface area (Å²) in [5.41, 5.74) is 2.10. The summed E-state index contributed by atoms with van der Waals surface area (Å²) in [6.07, 6.45) is 3.79. The molecule has 0 radical (unpaired) electrons. The number of hydrogen-bond acceptors (Lipinski definition) is 2. The van der Waals surface area contributed by atoms with Crippen LogP contribution in [0.4, 0.5) is 5.69 Å². The summed E-state index contributed by atoms with van der Waals surface area (Å²) in [6.45, 7) is 0.721. The highest BCUT2D eigenvalue weighted by molar-refractivity contribution is 5.88. The number of ether oxygens (including phenoxy) is 1.